The number of amides is 2. The molecule has 1 aromatic rings. The van der Waals surface area contributed by atoms with Gasteiger partial charge in [0.15, 0.2) is 9.84 Å². The van der Waals surface area contributed by atoms with E-state index in [4.69, 9.17) is 0 Å². The van der Waals surface area contributed by atoms with Crippen LogP contribution in [0.15, 0.2) is 16.3 Å². The number of nitrogens with zero attached hydrogens (tertiary/aromatic N) is 2. The number of carbonyl (C=O) groups is 1. The fraction of sp³-hybridized carbons (Fsp3) is 0.688. The molecule has 0 spiro atoms. The second-order valence-electron chi connectivity index (χ2n) is 6.68. The zero-order valence-corrected chi connectivity index (χ0v) is 15.8. The van der Waals surface area contributed by atoms with Crippen molar-refractivity contribution in [2.45, 2.75) is 49.0 Å². The highest BCUT2D eigenvalue weighted by Gasteiger charge is 2.37. The van der Waals surface area contributed by atoms with Gasteiger partial charge >= 0.3 is 6.03 Å². The molecule has 6 nitrogen and oxygen atoms in total. The molecule has 8 heteroatoms. The summed E-state index contributed by atoms with van der Waals surface area (Å²) >= 11 is 1.22. The molecule has 24 heavy (non-hydrogen) atoms. The number of carbonyl (C=O) groups excluding carboxylic acids is 1. The van der Waals surface area contributed by atoms with E-state index in [2.05, 4.69) is 17.1 Å². The first kappa shape index (κ1) is 17.7. The maximum absolute atomic E-state index is 12.5. The fourth-order valence-electron chi connectivity index (χ4n) is 3.69. The van der Waals surface area contributed by atoms with Crippen LogP contribution in [0, 0.1) is 0 Å². The lowest BCUT2D eigenvalue weighted by Gasteiger charge is -2.30. The van der Waals surface area contributed by atoms with Gasteiger partial charge in [-0.15, -0.1) is 11.3 Å². The standard InChI is InChI=1S/C16H25N3O3S2/c1-12-14(18-8-3-4-9-18)7-10-19(12)16(20)17-11-13-5-6-15(23-13)24(2,21)22/h5-6,12,14H,3-4,7-11H2,1-2H3,(H,17,20)/t12-,14+/m0/s1. The molecule has 3 rings (SSSR count). The Balaban J connectivity index is 1.54. The average Bonchev–Trinajstić information content (AvgIpc) is 3.24. The smallest absolute Gasteiger partial charge is 0.317 e. The molecule has 2 aliphatic heterocycles. The maximum Gasteiger partial charge on any atom is 0.317 e. The molecule has 2 fully saturated rings. The second-order valence-corrected chi connectivity index (χ2v) is 10.1. The molecule has 2 aliphatic rings. The Labute approximate surface area is 147 Å². The Morgan fingerprint density at radius 1 is 1.29 bits per heavy atom. The van der Waals surface area contributed by atoms with E-state index in [-0.39, 0.29) is 12.1 Å². The van der Waals surface area contributed by atoms with Crippen molar-refractivity contribution in [3.63, 3.8) is 0 Å². The van der Waals surface area contributed by atoms with E-state index in [0.717, 1.165) is 30.9 Å². The van der Waals surface area contributed by atoms with E-state index in [0.29, 0.717) is 16.8 Å². The maximum atomic E-state index is 12.5. The zero-order valence-electron chi connectivity index (χ0n) is 14.2. The first-order valence-corrected chi connectivity index (χ1v) is 11.1. The van der Waals surface area contributed by atoms with Crippen LogP contribution in [0.3, 0.4) is 0 Å². The molecule has 2 saturated heterocycles. The Kier molecular flexibility index (Phi) is 5.17. The summed E-state index contributed by atoms with van der Waals surface area (Å²) in [5.74, 6) is 0. The van der Waals surface area contributed by atoms with Crippen molar-refractivity contribution in [3.05, 3.63) is 17.0 Å². The van der Waals surface area contributed by atoms with Crippen molar-refractivity contribution in [3.8, 4) is 0 Å². The van der Waals surface area contributed by atoms with Gasteiger partial charge in [0.05, 0.1) is 6.54 Å². The average molecular weight is 372 g/mol. The minimum Gasteiger partial charge on any atom is -0.333 e. The highest BCUT2D eigenvalue weighted by atomic mass is 32.2. The van der Waals surface area contributed by atoms with Crippen LogP contribution in [0.1, 0.15) is 31.1 Å². The van der Waals surface area contributed by atoms with Gasteiger partial charge < -0.3 is 10.2 Å². The lowest BCUT2D eigenvalue weighted by Crippen LogP contribution is -2.47. The van der Waals surface area contributed by atoms with Gasteiger partial charge in [-0.3, -0.25) is 4.90 Å². The third kappa shape index (κ3) is 3.75. The minimum absolute atomic E-state index is 0.0569. The predicted octanol–water partition coefficient (Wildman–Crippen LogP) is 1.92. The summed E-state index contributed by atoms with van der Waals surface area (Å²) in [7, 11) is -3.17. The number of hydrogen-bond donors (Lipinski definition) is 1. The molecule has 0 saturated carbocycles. The van der Waals surface area contributed by atoms with Crippen molar-refractivity contribution >= 4 is 27.2 Å². The molecule has 3 heterocycles. The number of rotatable bonds is 4. The molecule has 2 atom stereocenters. The topological polar surface area (TPSA) is 69.7 Å². The number of thiophene rings is 1. The molecular weight excluding hydrogens is 346 g/mol. The van der Waals surface area contributed by atoms with Crippen molar-refractivity contribution < 1.29 is 13.2 Å². The monoisotopic (exact) mass is 371 g/mol. The Bertz CT molecular complexity index is 695. The quantitative estimate of drug-likeness (QED) is 0.878. The second kappa shape index (κ2) is 7.01. The molecule has 0 unspecified atom stereocenters. The summed E-state index contributed by atoms with van der Waals surface area (Å²) in [6, 6.07) is 4.00. The summed E-state index contributed by atoms with van der Waals surface area (Å²) in [5, 5.41) is 2.93. The summed E-state index contributed by atoms with van der Waals surface area (Å²) in [5.41, 5.74) is 0. The molecule has 0 aliphatic carbocycles. The molecule has 1 N–H and O–H groups in total. The van der Waals surface area contributed by atoms with Gasteiger partial charge in [0.2, 0.25) is 0 Å². The van der Waals surface area contributed by atoms with Gasteiger partial charge in [0.1, 0.15) is 4.21 Å². The lowest BCUT2D eigenvalue weighted by molar-refractivity contribution is 0.168. The molecule has 2 amide bonds. The third-order valence-corrected chi connectivity index (χ3v) is 7.91. The van der Waals surface area contributed by atoms with Crippen molar-refractivity contribution in [2.75, 3.05) is 25.9 Å². The van der Waals surface area contributed by atoms with E-state index >= 15 is 0 Å². The van der Waals surface area contributed by atoms with Crippen LogP contribution in [-0.2, 0) is 16.4 Å². The van der Waals surface area contributed by atoms with Crippen LogP contribution in [0.25, 0.3) is 0 Å². The molecule has 1 aromatic heterocycles. The number of hydrogen-bond acceptors (Lipinski definition) is 5. The van der Waals surface area contributed by atoms with E-state index in [1.807, 2.05) is 4.90 Å². The van der Waals surface area contributed by atoms with Gasteiger partial charge in [-0.25, -0.2) is 13.2 Å². The van der Waals surface area contributed by atoms with E-state index in [1.165, 1.54) is 30.4 Å². The summed E-state index contributed by atoms with van der Waals surface area (Å²) in [6.45, 7) is 5.58. The van der Waals surface area contributed by atoms with Gasteiger partial charge in [-0.1, -0.05) is 0 Å². The first-order valence-electron chi connectivity index (χ1n) is 8.43. The van der Waals surface area contributed by atoms with Crippen LogP contribution < -0.4 is 5.32 Å². The normalized spacial score (nSPS) is 25.3. The van der Waals surface area contributed by atoms with Crippen LogP contribution in [0.2, 0.25) is 0 Å². The molecule has 0 radical (unpaired) electrons. The van der Waals surface area contributed by atoms with Crippen LogP contribution in [0.4, 0.5) is 4.79 Å². The van der Waals surface area contributed by atoms with E-state index in [1.54, 1.807) is 12.1 Å². The van der Waals surface area contributed by atoms with Gasteiger partial charge in [-0.2, -0.15) is 0 Å². The number of nitrogens with one attached hydrogen (secondary N) is 1. The molecule has 134 valence electrons. The number of likely N-dealkylation sites (tertiary alicyclic amines) is 2. The van der Waals surface area contributed by atoms with E-state index in [9.17, 15) is 13.2 Å². The SMILES string of the molecule is C[C@H]1[C@H](N2CCCC2)CCN1C(=O)NCc1ccc(S(C)(=O)=O)s1. The fourth-order valence-corrected chi connectivity index (χ4v) is 5.60. The summed E-state index contributed by atoms with van der Waals surface area (Å²) in [4.78, 5) is 17.7. The number of sulfone groups is 1. The highest BCUT2D eigenvalue weighted by Crippen LogP contribution is 2.26. The zero-order chi connectivity index (χ0) is 17.3. The van der Waals surface area contributed by atoms with Crippen LogP contribution in [0.5, 0.6) is 0 Å². The van der Waals surface area contributed by atoms with Gasteiger partial charge in [0, 0.05) is 29.8 Å². The summed E-state index contributed by atoms with van der Waals surface area (Å²) in [6.07, 6.45) is 4.75. The van der Waals surface area contributed by atoms with E-state index < -0.39 is 9.84 Å². The predicted molar refractivity (Wildman–Crippen MR) is 95.0 cm³/mol. The Morgan fingerprint density at radius 2 is 2.00 bits per heavy atom. The summed E-state index contributed by atoms with van der Waals surface area (Å²) < 4.78 is 23.4. The molecule has 0 bridgehead atoms. The Hall–Kier alpha value is -1.12. The lowest BCUT2D eigenvalue weighted by atomic mass is 10.1. The van der Waals surface area contributed by atoms with Crippen molar-refractivity contribution in [1.82, 2.24) is 15.1 Å². The van der Waals surface area contributed by atoms with Gasteiger partial charge in [-0.05, 0) is 51.4 Å². The van der Waals surface area contributed by atoms with Gasteiger partial charge in [0.25, 0.3) is 0 Å². The first-order chi connectivity index (χ1) is 11.4. The Morgan fingerprint density at radius 3 is 2.62 bits per heavy atom. The molecular formula is C16H25N3O3S2. The van der Waals surface area contributed by atoms with Crippen molar-refractivity contribution in [1.29, 1.82) is 0 Å². The number of urea groups is 1. The molecule has 0 aromatic carbocycles. The van der Waals surface area contributed by atoms with Crippen molar-refractivity contribution in [2.24, 2.45) is 0 Å². The minimum atomic E-state index is -3.17. The largest absolute Gasteiger partial charge is 0.333 e. The van der Waals surface area contributed by atoms with Crippen LogP contribution >= 0.6 is 11.3 Å². The highest BCUT2D eigenvalue weighted by molar-refractivity contribution is 7.92. The van der Waals surface area contributed by atoms with Crippen LogP contribution in [-0.4, -0.2) is 62.2 Å². The third-order valence-electron chi connectivity index (χ3n) is 5.00.